The van der Waals surface area contributed by atoms with Crippen molar-refractivity contribution >= 4 is 11.9 Å². The van der Waals surface area contributed by atoms with E-state index in [0.29, 0.717) is 30.3 Å². The van der Waals surface area contributed by atoms with Crippen molar-refractivity contribution < 1.29 is 19.1 Å². The first-order valence-electron chi connectivity index (χ1n) is 6.03. The summed E-state index contributed by atoms with van der Waals surface area (Å²) < 4.78 is 10.9. The lowest BCUT2D eigenvalue weighted by Crippen LogP contribution is -2.40. The zero-order valence-corrected chi connectivity index (χ0v) is 10.7. The number of hydrogen-bond donors (Lipinski definition) is 1. The minimum atomic E-state index is -1.05. The van der Waals surface area contributed by atoms with Gasteiger partial charge in [-0.15, -0.1) is 0 Å². The number of fused-ring (bicyclic) bond motifs is 1. The van der Waals surface area contributed by atoms with Crippen LogP contribution < -0.4 is 14.8 Å². The van der Waals surface area contributed by atoms with Gasteiger partial charge in [-0.3, -0.25) is 9.69 Å². The van der Waals surface area contributed by atoms with Crippen molar-refractivity contribution in [2.45, 2.75) is 12.5 Å². The van der Waals surface area contributed by atoms with Crippen LogP contribution in [0.5, 0.6) is 11.5 Å². The molecule has 1 N–H and O–H groups in total. The number of likely N-dealkylation sites (N-methyl/N-ethyl adjacent to an activating group) is 1. The number of amides is 3. The van der Waals surface area contributed by atoms with Crippen molar-refractivity contribution in [2.24, 2.45) is 0 Å². The molecule has 1 fully saturated rings. The Hall–Kier alpha value is -2.24. The van der Waals surface area contributed by atoms with Crippen molar-refractivity contribution in [1.82, 2.24) is 10.2 Å². The summed E-state index contributed by atoms with van der Waals surface area (Å²) >= 11 is 0. The van der Waals surface area contributed by atoms with E-state index in [4.69, 9.17) is 9.47 Å². The Bertz CT molecular complexity index is 572. The molecular formula is C13H14N2O4. The molecule has 0 unspecified atom stereocenters. The molecule has 0 spiro atoms. The molecule has 6 heteroatoms. The summed E-state index contributed by atoms with van der Waals surface area (Å²) in [6.45, 7) is 2.68. The van der Waals surface area contributed by atoms with E-state index in [-0.39, 0.29) is 5.91 Å². The van der Waals surface area contributed by atoms with Crippen LogP contribution in [0.2, 0.25) is 0 Å². The highest BCUT2D eigenvalue weighted by Crippen LogP contribution is 2.36. The Balaban J connectivity index is 2.02. The number of hydrogen-bond acceptors (Lipinski definition) is 4. The maximum absolute atomic E-state index is 12.2. The number of imide groups is 1. The van der Waals surface area contributed by atoms with Gasteiger partial charge in [0.05, 0.1) is 0 Å². The van der Waals surface area contributed by atoms with E-state index in [1.54, 1.807) is 25.1 Å². The number of urea groups is 1. The highest BCUT2D eigenvalue weighted by molar-refractivity contribution is 6.06. The van der Waals surface area contributed by atoms with Gasteiger partial charge < -0.3 is 14.8 Å². The minimum absolute atomic E-state index is 0.283. The first kappa shape index (κ1) is 11.8. The Morgan fingerprint density at radius 1 is 1.21 bits per heavy atom. The van der Waals surface area contributed by atoms with Crippen LogP contribution in [-0.4, -0.2) is 37.1 Å². The molecule has 2 heterocycles. The SMILES string of the molecule is CN1C(=O)N[C@@](C)(c2ccc3c(c2)OCCO3)C1=O. The number of carbonyl (C=O) groups excluding carboxylic acids is 2. The number of nitrogens with one attached hydrogen (secondary N) is 1. The third kappa shape index (κ3) is 1.63. The summed E-state index contributed by atoms with van der Waals surface area (Å²) in [6.07, 6.45) is 0. The van der Waals surface area contributed by atoms with E-state index < -0.39 is 11.6 Å². The molecule has 2 aliphatic heterocycles. The van der Waals surface area contributed by atoms with Gasteiger partial charge in [0, 0.05) is 7.05 Å². The summed E-state index contributed by atoms with van der Waals surface area (Å²) in [5.41, 5.74) is -0.374. The second-order valence-corrected chi connectivity index (χ2v) is 4.78. The summed E-state index contributed by atoms with van der Waals surface area (Å²) in [5.74, 6) is 0.972. The van der Waals surface area contributed by atoms with E-state index in [2.05, 4.69) is 5.32 Å². The largest absolute Gasteiger partial charge is 0.486 e. The minimum Gasteiger partial charge on any atom is -0.486 e. The maximum atomic E-state index is 12.2. The Kier molecular flexibility index (Phi) is 2.41. The van der Waals surface area contributed by atoms with Gasteiger partial charge in [-0.25, -0.2) is 4.79 Å². The second-order valence-electron chi connectivity index (χ2n) is 4.78. The van der Waals surface area contributed by atoms with Crippen molar-refractivity contribution in [3.8, 4) is 11.5 Å². The average molecular weight is 262 g/mol. The van der Waals surface area contributed by atoms with Gasteiger partial charge in [-0.2, -0.15) is 0 Å². The molecular weight excluding hydrogens is 248 g/mol. The van der Waals surface area contributed by atoms with Crippen LogP contribution in [-0.2, 0) is 10.3 Å². The van der Waals surface area contributed by atoms with Crippen LogP contribution in [0.15, 0.2) is 18.2 Å². The van der Waals surface area contributed by atoms with Crippen molar-refractivity contribution in [3.05, 3.63) is 23.8 Å². The quantitative estimate of drug-likeness (QED) is 0.762. The lowest BCUT2D eigenvalue weighted by atomic mass is 9.91. The number of ether oxygens (including phenoxy) is 2. The van der Waals surface area contributed by atoms with Crippen molar-refractivity contribution in [1.29, 1.82) is 0 Å². The monoisotopic (exact) mass is 262 g/mol. The molecule has 19 heavy (non-hydrogen) atoms. The standard InChI is InChI=1S/C13H14N2O4/c1-13(11(16)15(2)12(17)14-13)8-3-4-9-10(7-8)19-6-5-18-9/h3-4,7H,5-6H2,1-2H3,(H,14,17)/t13-/m0/s1. The number of carbonyl (C=O) groups is 2. The van der Waals surface area contributed by atoms with Gasteiger partial charge in [0.15, 0.2) is 11.5 Å². The van der Waals surface area contributed by atoms with Gasteiger partial charge in [-0.05, 0) is 24.6 Å². The third-order valence-electron chi connectivity index (χ3n) is 3.51. The summed E-state index contributed by atoms with van der Waals surface area (Å²) in [7, 11) is 1.46. The van der Waals surface area contributed by atoms with Crippen LogP contribution >= 0.6 is 0 Å². The van der Waals surface area contributed by atoms with Gasteiger partial charge in [0.2, 0.25) is 0 Å². The highest BCUT2D eigenvalue weighted by atomic mass is 16.6. The van der Waals surface area contributed by atoms with Crippen LogP contribution in [0.3, 0.4) is 0 Å². The second kappa shape index (κ2) is 3.88. The molecule has 100 valence electrons. The van der Waals surface area contributed by atoms with Gasteiger partial charge >= 0.3 is 6.03 Å². The fourth-order valence-corrected chi connectivity index (χ4v) is 2.33. The van der Waals surface area contributed by atoms with Crippen molar-refractivity contribution in [3.63, 3.8) is 0 Å². The first-order chi connectivity index (χ1) is 9.02. The molecule has 0 aliphatic carbocycles. The molecule has 1 saturated heterocycles. The Morgan fingerprint density at radius 2 is 1.89 bits per heavy atom. The van der Waals surface area contributed by atoms with Crippen LogP contribution in [0, 0.1) is 0 Å². The topological polar surface area (TPSA) is 67.9 Å². The highest BCUT2D eigenvalue weighted by Gasteiger charge is 2.47. The molecule has 0 aromatic heterocycles. The average Bonchev–Trinajstić information content (AvgIpc) is 2.63. The number of rotatable bonds is 1. The fourth-order valence-electron chi connectivity index (χ4n) is 2.33. The summed E-state index contributed by atoms with van der Waals surface area (Å²) in [4.78, 5) is 24.9. The maximum Gasteiger partial charge on any atom is 0.325 e. The molecule has 0 saturated carbocycles. The van der Waals surface area contributed by atoms with Crippen LogP contribution in [0.1, 0.15) is 12.5 Å². The molecule has 2 aliphatic rings. The summed E-state index contributed by atoms with van der Waals surface area (Å²) in [5, 5.41) is 2.69. The molecule has 0 radical (unpaired) electrons. The van der Waals surface area contributed by atoms with E-state index >= 15 is 0 Å². The van der Waals surface area contributed by atoms with Gasteiger partial charge in [0.25, 0.3) is 5.91 Å². The van der Waals surface area contributed by atoms with Crippen molar-refractivity contribution in [2.75, 3.05) is 20.3 Å². The van der Waals surface area contributed by atoms with E-state index in [9.17, 15) is 9.59 Å². The van der Waals surface area contributed by atoms with Gasteiger partial charge in [0.1, 0.15) is 18.8 Å². The lowest BCUT2D eigenvalue weighted by Gasteiger charge is -2.25. The van der Waals surface area contributed by atoms with E-state index in [1.807, 2.05) is 0 Å². The van der Waals surface area contributed by atoms with Gasteiger partial charge in [-0.1, -0.05) is 6.07 Å². The van der Waals surface area contributed by atoms with E-state index in [1.165, 1.54) is 7.05 Å². The predicted molar refractivity (Wildman–Crippen MR) is 66.1 cm³/mol. The molecule has 1 aromatic rings. The lowest BCUT2D eigenvalue weighted by molar-refractivity contribution is -0.130. The van der Waals surface area contributed by atoms with Crippen LogP contribution in [0.25, 0.3) is 0 Å². The first-order valence-corrected chi connectivity index (χ1v) is 6.03. The zero-order chi connectivity index (χ0) is 13.6. The smallest absolute Gasteiger partial charge is 0.325 e. The normalized spacial score (nSPS) is 25.5. The zero-order valence-electron chi connectivity index (χ0n) is 10.7. The molecule has 6 nitrogen and oxygen atoms in total. The fraction of sp³-hybridized carbons (Fsp3) is 0.385. The summed E-state index contributed by atoms with van der Waals surface area (Å²) in [6, 6.07) is 4.87. The molecule has 3 amide bonds. The molecule has 3 rings (SSSR count). The number of benzene rings is 1. The molecule has 1 aromatic carbocycles. The third-order valence-corrected chi connectivity index (χ3v) is 3.51. The van der Waals surface area contributed by atoms with Crippen LogP contribution in [0.4, 0.5) is 4.79 Å². The Morgan fingerprint density at radius 3 is 2.53 bits per heavy atom. The number of nitrogens with zero attached hydrogens (tertiary/aromatic N) is 1. The predicted octanol–water partition coefficient (Wildman–Crippen LogP) is 0.855. The van der Waals surface area contributed by atoms with E-state index in [0.717, 1.165) is 4.90 Å². The molecule has 0 bridgehead atoms. The Labute approximate surface area is 110 Å². The molecule has 1 atom stereocenters.